The number of rotatable bonds is 3. The second kappa shape index (κ2) is 5.76. The Bertz CT molecular complexity index is 642. The second-order valence-electron chi connectivity index (χ2n) is 5.66. The monoisotopic (exact) mass is 305 g/mol. The standard InChI is InChI=1S/C15H19N3O2S/c16-11-12-5-7-13(8-6-12)21(19,20)18-10-2-4-15(18)14-3-1-9-17-14/h5-8,14-15,17H,1-4,9-10H2. The van der Waals surface area contributed by atoms with E-state index in [0.717, 1.165) is 32.2 Å². The Hall–Kier alpha value is -1.42. The van der Waals surface area contributed by atoms with E-state index >= 15 is 0 Å². The largest absolute Gasteiger partial charge is 0.312 e. The Balaban J connectivity index is 1.87. The molecule has 2 fully saturated rings. The van der Waals surface area contributed by atoms with Gasteiger partial charge < -0.3 is 5.32 Å². The lowest BCUT2D eigenvalue weighted by Crippen LogP contribution is -2.46. The van der Waals surface area contributed by atoms with Crippen LogP contribution in [-0.4, -0.2) is 37.9 Å². The maximum absolute atomic E-state index is 12.8. The minimum absolute atomic E-state index is 0.0631. The highest BCUT2D eigenvalue weighted by Gasteiger charge is 2.40. The van der Waals surface area contributed by atoms with Gasteiger partial charge in [-0.3, -0.25) is 0 Å². The molecule has 0 saturated carbocycles. The van der Waals surface area contributed by atoms with Crippen molar-refractivity contribution in [3.63, 3.8) is 0 Å². The van der Waals surface area contributed by atoms with E-state index in [9.17, 15) is 8.42 Å². The van der Waals surface area contributed by atoms with Crippen LogP contribution in [0, 0.1) is 11.3 Å². The molecular formula is C15H19N3O2S. The summed E-state index contributed by atoms with van der Waals surface area (Å²) in [4.78, 5) is 0.284. The van der Waals surface area contributed by atoms with Crippen molar-refractivity contribution < 1.29 is 8.42 Å². The van der Waals surface area contributed by atoms with E-state index in [-0.39, 0.29) is 17.0 Å². The van der Waals surface area contributed by atoms with E-state index in [1.807, 2.05) is 6.07 Å². The smallest absolute Gasteiger partial charge is 0.243 e. The Kier molecular flexibility index (Phi) is 3.98. The summed E-state index contributed by atoms with van der Waals surface area (Å²) < 4.78 is 27.3. The molecule has 0 aliphatic carbocycles. The maximum Gasteiger partial charge on any atom is 0.243 e. The van der Waals surface area contributed by atoms with E-state index in [0.29, 0.717) is 12.1 Å². The van der Waals surface area contributed by atoms with E-state index in [4.69, 9.17) is 5.26 Å². The summed E-state index contributed by atoms with van der Waals surface area (Å²) in [6.07, 6.45) is 4.00. The van der Waals surface area contributed by atoms with Gasteiger partial charge in [-0.05, 0) is 56.5 Å². The summed E-state index contributed by atoms with van der Waals surface area (Å²) in [7, 11) is -3.47. The summed E-state index contributed by atoms with van der Waals surface area (Å²) >= 11 is 0. The number of nitrogens with one attached hydrogen (secondary N) is 1. The molecule has 1 aromatic rings. The highest BCUT2D eigenvalue weighted by molar-refractivity contribution is 7.89. The quantitative estimate of drug-likeness (QED) is 0.917. The molecule has 2 saturated heterocycles. The summed E-state index contributed by atoms with van der Waals surface area (Å²) in [6, 6.07) is 8.54. The molecule has 0 aromatic heterocycles. The third-order valence-electron chi connectivity index (χ3n) is 4.40. The Morgan fingerprint density at radius 2 is 1.95 bits per heavy atom. The van der Waals surface area contributed by atoms with Gasteiger partial charge in [-0.2, -0.15) is 9.57 Å². The van der Waals surface area contributed by atoms with Crippen LogP contribution < -0.4 is 5.32 Å². The average molecular weight is 305 g/mol. The number of benzene rings is 1. The van der Waals surface area contributed by atoms with Gasteiger partial charge in [0.2, 0.25) is 10.0 Å². The molecule has 0 amide bonds. The third kappa shape index (κ3) is 2.69. The van der Waals surface area contributed by atoms with Crippen molar-refractivity contribution in [2.75, 3.05) is 13.1 Å². The van der Waals surface area contributed by atoms with E-state index < -0.39 is 10.0 Å². The fraction of sp³-hybridized carbons (Fsp3) is 0.533. The summed E-state index contributed by atoms with van der Waals surface area (Å²) in [5.74, 6) is 0. The number of hydrogen-bond acceptors (Lipinski definition) is 4. The van der Waals surface area contributed by atoms with Gasteiger partial charge in [-0.1, -0.05) is 0 Å². The van der Waals surface area contributed by atoms with Crippen LogP contribution in [0.15, 0.2) is 29.2 Å². The van der Waals surface area contributed by atoms with Crippen LogP contribution in [0.4, 0.5) is 0 Å². The predicted molar refractivity (Wildman–Crippen MR) is 79.1 cm³/mol. The van der Waals surface area contributed by atoms with Crippen molar-refractivity contribution in [1.29, 1.82) is 5.26 Å². The van der Waals surface area contributed by atoms with Gasteiger partial charge in [0, 0.05) is 18.6 Å². The molecule has 2 unspecified atom stereocenters. The van der Waals surface area contributed by atoms with Crippen LogP contribution in [0.25, 0.3) is 0 Å². The lowest BCUT2D eigenvalue weighted by molar-refractivity contribution is 0.322. The van der Waals surface area contributed by atoms with Gasteiger partial charge in [0.15, 0.2) is 0 Å². The molecule has 6 heteroatoms. The van der Waals surface area contributed by atoms with Crippen molar-refractivity contribution in [3.05, 3.63) is 29.8 Å². The molecule has 112 valence electrons. The lowest BCUT2D eigenvalue weighted by Gasteiger charge is -2.28. The van der Waals surface area contributed by atoms with E-state index in [1.54, 1.807) is 16.4 Å². The SMILES string of the molecule is N#Cc1ccc(S(=O)(=O)N2CCCC2C2CCCN2)cc1. The van der Waals surface area contributed by atoms with Crippen molar-refractivity contribution in [2.45, 2.75) is 42.7 Å². The number of hydrogen-bond donors (Lipinski definition) is 1. The predicted octanol–water partition coefficient (Wildman–Crippen LogP) is 1.46. The molecule has 0 spiro atoms. The van der Waals surface area contributed by atoms with Crippen molar-refractivity contribution in [2.24, 2.45) is 0 Å². The van der Waals surface area contributed by atoms with Gasteiger partial charge in [0.1, 0.15) is 0 Å². The molecular weight excluding hydrogens is 286 g/mol. The molecule has 3 rings (SSSR count). The summed E-state index contributed by atoms with van der Waals surface area (Å²) in [5, 5.41) is 12.2. The fourth-order valence-electron chi connectivity index (χ4n) is 3.34. The van der Waals surface area contributed by atoms with Gasteiger partial charge >= 0.3 is 0 Å². The van der Waals surface area contributed by atoms with Crippen LogP contribution >= 0.6 is 0 Å². The second-order valence-corrected chi connectivity index (χ2v) is 7.55. The zero-order chi connectivity index (χ0) is 14.9. The van der Waals surface area contributed by atoms with Crippen LogP contribution in [0.5, 0.6) is 0 Å². The normalized spacial score (nSPS) is 26.8. The zero-order valence-corrected chi connectivity index (χ0v) is 12.6. The fourth-order valence-corrected chi connectivity index (χ4v) is 5.07. The third-order valence-corrected chi connectivity index (χ3v) is 6.34. The minimum Gasteiger partial charge on any atom is -0.312 e. The van der Waals surface area contributed by atoms with Crippen molar-refractivity contribution >= 4 is 10.0 Å². The van der Waals surface area contributed by atoms with Crippen LogP contribution in [0.1, 0.15) is 31.2 Å². The van der Waals surface area contributed by atoms with Crippen molar-refractivity contribution in [1.82, 2.24) is 9.62 Å². The van der Waals surface area contributed by atoms with Gasteiger partial charge in [0.05, 0.1) is 16.5 Å². The molecule has 1 N–H and O–H groups in total. The van der Waals surface area contributed by atoms with Crippen LogP contribution in [0.2, 0.25) is 0 Å². The topological polar surface area (TPSA) is 73.2 Å². The molecule has 0 bridgehead atoms. The molecule has 0 radical (unpaired) electrons. The Morgan fingerprint density at radius 1 is 1.19 bits per heavy atom. The van der Waals surface area contributed by atoms with E-state index in [2.05, 4.69) is 5.32 Å². The lowest BCUT2D eigenvalue weighted by atomic mass is 10.1. The number of nitrogens with zero attached hydrogens (tertiary/aromatic N) is 2. The molecule has 21 heavy (non-hydrogen) atoms. The van der Waals surface area contributed by atoms with Crippen LogP contribution in [-0.2, 0) is 10.0 Å². The Labute approximate surface area is 125 Å². The van der Waals surface area contributed by atoms with Crippen molar-refractivity contribution in [3.8, 4) is 6.07 Å². The number of nitriles is 1. The Morgan fingerprint density at radius 3 is 2.57 bits per heavy atom. The molecule has 1 aromatic carbocycles. The summed E-state index contributed by atoms with van der Waals surface area (Å²) in [5.41, 5.74) is 0.476. The first kappa shape index (κ1) is 14.5. The molecule has 2 aliphatic heterocycles. The first-order valence-electron chi connectivity index (χ1n) is 7.38. The van der Waals surface area contributed by atoms with Crippen LogP contribution in [0.3, 0.4) is 0 Å². The first-order chi connectivity index (χ1) is 10.1. The molecule has 5 nitrogen and oxygen atoms in total. The van der Waals surface area contributed by atoms with Gasteiger partial charge in [-0.15, -0.1) is 0 Å². The zero-order valence-electron chi connectivity index (χ0n) is 11.8. The molecule has 2 aliphatic rings. The highest BCUT2D eigenvalue weighted by atomic mass is 32.2. The average Bonchev–Trinajstić information content (AvgIpc) is 3.17. The molecule has 2 heterocycles. The minimum atomic E-state index is -3.47. The van der Waals surface area contributed by atoms with Gasteiger partial charge in [-0.25, -0.2) is 8.42 Å². The summed E-state index contributed by atoms with van der Waals surface area (Å²) in [6.45, 7) is 1.57. The first-order valence-corrected chi connectivity index (χ1v) is 8.82. The van der Waals surface area contributed by atoms with Gasteiger partial charge in [0.25, 0.3) is 0 Å². The number of sulfonamides is 1. The molecule has 2 atom stereocenters. The maximum atomic E-state index is 12.8. The van der Waals surface area contributed by atoms with E-state index in [1.165, 1.54) is 12.1 Å². The highest BCUT2D eigenvalue weighted by Crippen LogP contribution is 2.30.